The quantitative estimate of drug-likeness (QED) is 0.797. The molecule has 2 aromatic rings. The zero-order chi connectivity index (χ0) is 16.0. The van der Waals surface area contributed by atoms with Crippen molar-refractivity contribution in [1.82, 2.24) is 0 Å². The lowest BCUT2D eigenvalue weighted by Gasteiger charge is -2.35. The van der Waals surface area contributed by atoms with E-state index in [1.807, 2.05) is 0 Å². The fraction of sp³-hybridized carbons (Fsp3) is 0.250. The average Bonchev–Trinajstić information content (AvgIpc) is 2.48. The molecule has 0 aromatic heterocycles. The summed E-state index contributed by atoms with van der Waals surface area (Å²) in [6.07, 6.45) is 0.366. The zero-order valence-corrected chi connectivity index (χ0v) is 14.2. The standard InChI is InChI=1S/C16H14Cl2O3S/c1-16(22(19,20)13-5-2-11(17)3-6-13)8-9-21-15-7-4-12(18)10-14(15)16/h2-7,10H,8-9H2,1H3. The summed E-state index contributed by atoms with van der Waals surface area (Å²) in [5.41, 5.74) is 0.598. The number of benzene rings is 2. The molecule has 0 bridgehead atoms. The number of hydrogen-bond donors (Lipinski definition) is 0. The highest BCUT2D eigenvalue weighted by Crippen LogP contribution is 2.46. The van der Waals surface area contributed by atoms with E-state index in [1.54, 1.807) is 37.3 Å². The third kappa shape index (κ3) is 2.39. The lowest BCUT2D eigenvalue weighted by molar-refractivity contribution is 0.257. The molecule has 0 saturated heterocycles. The molecule has 0 spiro atoms. The van der Waals surface area contributed by atoms with Gasteiger partial charge >= 0.3 is 0 Å². The molecule has 1 atom stereocenters. The molecule has 3 rings (SSSR count). The number of sulfone groups is 1. The Bertz CT molecular complexity index is 816. The van der Waals surface area contributed by atoms with E-state index in [1.165, 1.54) is 12.1 Å². The van der Waals surface area contributed by atoms with Crippen molar-refractivity contribution in [2.24, 2.45) is 0 Å². The summed E-state index contributed by atoms with van der Waals surface area (Å²) in [5.74, 6) is 0.565. The van der Waals surface area contributed by atoms with E-state index in [2.05, 4.69) is 0 Å². The molecule has 0 aliphatic carbocycles. The van der Waals surface area contributed by atoms with Crippen molar-refractivity contribution in [3.8, 4) is 5.75 Å². The fourth-order valence-corrected chi connectivity index (χ4v) is 4.80. The molecule has 0 N–H and O–H groups in total. The van der Waals surface area contributed by atoms with Gasteiger partial charge in [-0.25, -0.2) is 8.42 Å². The Balaban J connectivity index is 2.19. The highest BCUT2D eigenvalue weighted by Gasteiger charge is 2.45. The Morgan fingerprint density at radius 3 is 2.36 bits per heavy atom. The van der Waals surface area contributed by atoms with Gasteiger partial charge in [0.25, 0.3) is 0 Å². The molecule has 1 heterocycles. The summed E-state index contributed by atoms with van der Waals surface area (Å²) < 4.78 is 30.8. The molecule has 1 unspecified atom stereocenters. The number of rotatable bonds is 2. The van der Waals surface area contributed by atoms with Gasteiger partial charge in [-0.3, -0.25) is 0 Å². The van der Waals surface area contributed by atoms with Crippen LogP contribution in [0.2, 0.25) is 10.0 Å². The molecule has 1 aliphatic rings. The SMILES string of the molecule is CC1(S(=O)(=O)c2ccc(Cl)cc2)CCOc2ccc(Cl)cc21. The minimum Gasteiger partial charge on any atom is -0.493 e. The third-order valence-corrected chi connectivity index (χ3v) is 7.06. The van der Waals surface area contributed by atoms with Crippen LogP contribution in [0.25, 0.3) is 0 Å². The van der Waals surface area contributed by atoms with Gasteiger partial charge in [0, 0.05) is 22.0 Å². The summed E-state index contributed by atoms with van der Waals surface area (Å²) in [6.45, 7) is 2.06. The van der Waals surface area contributed by atoms with Gasteiger partial charge in [0.05, 0.1) is 11.5 Å². The molecule has 22 heavy (non-hydrogen) atoms. The average molecular weight is 357 g/mol. The van der Waals surface area contributed by atoms with Gasteiger partial charge in [-0.05, 0) is 49.4 Å². The van der Waals surface area contributed by atoms with E-state index < -0.39 is 14.6 Å². The Labute approximate surface area is 139 Å². The summed E-state index contributed by atoms with van der Waals surface area (Å²) in [6, 6.07) is 11.3. The van der Waals surface area contributed by atoms with E-state index >= 15 is 0 Å². The van der Waals surface area contributed by atoms with Crippen molar-refractivity contribution in [2.75, 3.05) is 6.61 Å². The maximum absolute atomic E-state index is 13.2. The van der Waals surface area contributed by atoms with Gasteiger partial charge < -0.3 is 4.74 Å². The smallest absolute Gasteiger partial charge is 0.188 e. The summed E-state index contributed by atoms with van der Waals surface area (Å²) >= 11 is 11.9. The van der Waals surface area contributed by atoms with Crippen LogP contribution < -0.4 is 4.74 Å². The van der Waals surface area contributed by atoms with Crippen molar-refractivity contribution < 1.29 is 13.2 Å². The van der Waals surface area contributed by atoms with Crippen LogP contribution in [0.1, 0.15) is 18.9 Å². The first-order valence-corrected chi connectivity index (χ1v) is 9.01. The van der Waals surface area contributed by atoms with Crippen LogP contribution in [-0.2, 0) is 14.6 Å². The number of fused-ring (bicyclic) bond motifs is 1. The van der Waals surface area contributed by atoms with Gasteiger partial charge in [-0.2, -0.15) is 0 Å². The molecule has 0 fully saturated rings. The Hall–Kier alpha value is -1.23. The van der Waals surface area contributed by atoms with Crippen LogP contribution in [-0.4, -0.2) is 15.0 Å². The van der Waals surface area contributed by atoms with Gasteiger partial charge in [0.2, 0.25) is 0 Å². The van der Waals surface area contributed by atoms with Crippen LogP contribution in [0.15, 0.2) is 47.4 Å². The van der Waals surface area contributed by atoms with Gasteiger partial charge in [0.1, 0.15) is 10.5 Å². The highest BCUT2D eigenvalue weighted by molar-refractivity contribution is 7.92. The normalized spacial score (nSPS) is 21.0. The fourth-order valence-electron chi connectivity index (χ4n) is 2.68. The number of halogens is 2. The number of ether oxygens (including phenoxy) is 1. The van der Waals surface area contributed by atoms with Crippen LogP contribution >= 0.6 is 23.2 Å². The maximum atomic E-state index is 13.2. The van der Waals surface area contributed by atoms with Crippen molar-refractivity contribution in [3.63, 3.8) is 0 Å². The van der Waals surface area contributed by atoms with Crippen molar-refractivity contribution in [2.45, 2.75) is 23.0 Å². The molecule has 0 amide bonds. The second-order valence-corrected chi connectivity index (χ2v) is 8.68. The monoisotopic (exact) mass is 356 g/mol. The van der Waals surface area contributed by atoms with E-state index in [9.17, 15) is 8.42 Å². The van der Waals surface area contributed by atoms with Gasteiger partial charge in [-0.1, -0.05) is 23.2 Å². The van der Waals surface area contributed by atoms with Crippen LogP contribution in [0.3, 0.4) is 0 Å². The van der Waals surface area contributed by atoms with Crippen LogP contribution in [0, 0.1) is 0 Å². The summed E-state index contributed by atoms with van der Waals surface area (Å²) in [4.78, 5) is 0.243. The van der Waals surface area contributed by atoms with E-state index in [0.717, 1.165) is 0 Å². The highest BCUT2D eigenvalue weighted by atomic mass is 35.5. The first kappa shape index (κ1) is 15.7. The van der Waals surface area contributed by atoms with E-state index in [0.29, 0.717) is 34.4 Å². The van der Waals surface area contributed by atoms with Crippen molar-refractivity contribution >= 4 is 33.0 Å². The van der Waals surface area contributed by atoms with Crippen LogP contribution in [0.4, 0.5) is 0 Å². The molecule has 0 radical (unpaired) electrons. The second-order valence-electron chi connectivity index (χ2n) is 5.43. The first-order valence-electron chi connectivity index (χ1n) is 6.78. The Morgan fingerprint density at radius 1 is 1.05 bits per heavy atom. The first-order chi connectivity index (χ1) is 10.3. The van der Waals surface area contributed by atoms with E-state index in [4.69, 9.17) is 27.9 Å². The van der Waals surface area contributed by atoms with Gasteiger partial charge in [-0.15, -0.1) is 0 Å². The van der Waals surface area contributed by atoms with Gasteiger partial charge in [0.15, 0.2) is 9.84 Å². The zero-order valence-electron chi connectivity index (χ0n) is 11.8. The largest absolute Gasteiger partial charge is 0.493 e. The molecule has 6 heteroatoms. The Kier molecular flexibility index (Phi) is 3.87. The minimum absolute atomic E-state index is 0.243. The predicted octanol–water partition coefficient (Wildman–Crippen LogP) is 4.47. The molecule has 2 aromatic carbocycles. The summed E-state index contributed by atoms with van der Waals surface area (Å²) in [5, 5.41) is 0.987. The predicted molar refractivity (Wildman–Crippen MR) is 87.6 cm³/mol. The summed E-state index contributed by atoms with van der Waals surface area (Å²) in [7, 11) is -3.61. The molecular weight excluding hydrogens is 343 g/mol. The maximum Gasteiger partial charge on any atom is 0.188 e. The Morgan fingerprint density at radius 2 is 1.68 bits per heavy atom. The van der Waals surface area contributed by atoms with Crippen molar-refractivity contribution in [3.05, 3.63) is 58.1 Å². The molecule has 1 aliphatic heterocycles. The second kappa shape index (κ2) is 5.44. The van der Waals surface area contributed by atoms with E-state index in [-0.39, 0.29) is 4.90 Å². The minimum atomic E-state index is -3.61. The number of hydrogen-bond acceptors (Lipinski definition) is 3. The molecule has 3 nitrogen and oxygen atoms in total. The topological polar surface area (TPSA) is 43.4 Å². The lowest BCUT2D eigenvalue weighted by atomic mass is 9.94. The molecule has 0 saturated carbocycles. The van der Waals surface area contributed by atoms with Crippen molar-refractivity contribution in [1.29, 1.82) is 0 Å². The lowest BCUT2D eigenvalue weighted by Crippen LogP contribution is -2.37. The molecular formula is C16H14Cl2O3S. The third-order valence-electron chi connectivity index (χ3n) is 4.07. The van der Waals surface area contributed by atoms with Crippen LogP contribution in [0.5, 0.6) is 5.75 Å². The molecule has 116 valence electrons.